The number of amides is 1. The molecule has 0 aliphatic heterocycles. The molecular formula is C11H13NO4. The SMILES string of the molecule is COC(=O)CC(=O)Nc1cccc(OC)c1. The third kappa shape index (κ3) is 3.61. The number of anilines is 1. The molecule has 16 heavy (non-hydrogen) atoms. The van der Waals surface area contributed by atoms with E-state index in [9.17, 15) is 9.59 Å². The van der Waals surface area contributed by atoms with Crippen LogP contribution in [0.2, 0.25) is 0 Å². The molecule has 1 rings (SSSR count). The monoisotopic (exact) mass is 223 g/mol. The smallest absolute Gasteiger partial charge is 0.315 e. The van der Waals surface area contributed by atoms with Crippen LogP contribution in [0.4, 0.5) is 5.69 Å². The highest BCUT2D eigenvalue weighted by Gasteiger charge is 2.09. The van der Waals surface area contributed by atoms with Crippen molar-refractivity contribution in [3.05, 3.63) is 24.3 Å². The van der Waals surface area contributed by atoms with Crippen molar-refractivity contribution in [1.29, 1.82) is 0 Å². The van der Waals surface area contributed by atoms with Crippen LogP contribution < -0.4 is 10.1 Å². The Kier molecular flexibility index (Phi) is 4.32. The number of benzene rings is 1. The number of carbonyl (C=O) groups is 2. The maximum absolute atomic E-state index is 11.3. The van der Waals surface area contributed by atoms with Crippen LogP contribution in [0.3, 0.4) is 0 Å². The van der Waals surface area contributed by atoms with Gasteiger partial charge in [-0.2, -0.15) is 0 Å². The third-order valence-electron chi connectivity index (χ3n) is 1.89. The highest BCUT2D eigenvalue weighted by molar-refractivity contribution is 6.01. The first-order valence-electron chi connectivity index (χ1n) is 4.66. The van der Waals surface area contributed by atoms with Crippen LogP contribution in [0.25, 0.3) is 0 Å². The predicted octanol–water partition coefficient (Wildman–Crippen LogP) is 1.20. The summed E-state index contributed by atoms with van der Waals surface area (Å²) in [6.07, 6.45) is -0.298. The summed E-state index contributed by atoms with van der Waals surface area (Å²) in [7, 11) is 2.77. The van der Waals surface area contributed by atoms with Crippen molar-refractivity contribution in [2.75, 3.05) is 19.5 Å². The highest BCUT2D eigenvalue weighted by atomic mass is 16.5. The first-order chi connectivity index (χ1) is 7.65. The van der Waals surface area contributed by atoms with Gasteiger partial charge in [0.15, 0.2) is 0 Å². The fourth-order valence-electron chi connectivity index (χ4n) is 1.11. The van der Waals surface area contributed by atoms with Crippen LogP contribution in [0.5, 0.6) is 5.75 Å². The van der Waals surface area contributed by atoms with Crippen molar-refractivity contribution in [2.24, 2.45) is 0 Å². The van der Waals surface area contributed by atoms with Crippen LogP contribution in [-0.4, -0.2) is 26.1 Å². The van der Waals surface area contributed by atoms with Gasteiger partial charge in [-0.15, -0.1) is 0 Å². The second kappa shape index (κ2) is 5.75. The minimum atomic E-state index is -0.569. The lowest BCUT2D eigenvalue weighted by Crippen LogP contribution is -2.17. The second-order valence-electron chi connectivity index (χ2n) is 3.03. The Morgan fingerprint density at radius 2 is 2.06 bits per heavy atom. The Labute approximate surface area is 93.4 Å². The molecule has 0 saturated carbocycles. The zero-order valence-corrected chi connectivity index (χ0v) is 9.15. The van der Waals surface area contributed by atoms with Gasteiger partial charge >= 0.3 is 5.97 Å². The zero-order chi connectivity index (χ0) is 12.0. The van der Waals surface area contributed by atoms with Gasteiger partial charge in [0.25, 0.3) is 0 Å². The van der Waals surface area contributed by atoms with Gasteiger partial charge in [0, 0.05) is 11.8 Å². The minimum Gasteiger partial charge on any atom is -0.497 e. The van der Waals surface area contributed by atoms with Gasteiger partial charge in [-0.1, -0.05) is 6.07 Å². The molecule has 0 bridgehead atoms. The van der Waals surface area contributed by atoms with Crippen molar-refractivity contribution in [3.63, 3.8) is 0 Å². The van der Waals surface area contributed by atoms with Gasteiger partial charge in [-0.3, -0.25) is 9.59 Å². The lowest BCUT2D eigenvalue weighted by atomic mass is 10.3. The topological polar surface area (TPSA) is 64.6 Å². The Hall–Kier alpha value is -2.04. The van der Waals surface area contributed by atoms with E-state index in [1.54, 1.807) is 24.3 Å². The van der Waals surface area contributed by atoms with E-state index in [-0.39, 0.29) is 6.42 Å². The van der Waals surface area contributed by atoms with Crippen LogP contribution >= 0.6 is 0 Å². The van der Waals surface area contributed by atoms with Crippen molar-refractivity contribution in [3.8, 4) is 5.75 Å². The van der Waals surface area contributed by atoms with E-state index in [4.69, 9.17) is 4.74 Å². The molecule has 0 aliphatic carbocycles. The molecular weight excluding hydrogens is 210 g/mol. The van der Waals surface area contributed by atoms with E-state index in [1.165, 1.54) is 14.2 Å². The van der Waals surface area contributed by atoms with E-state index in [0.717, 1.165) is 0 Å². The van der Waals surface area contributed by atoms with E-state index in [0.29, 0.717) is 11.4 Å². The van der Waals surface area contributed by atoms with Crippen molar-refractivity contribution < 1.29 is 19.1 Å². The lowest BCUT2D eigenvalue weighted by Gasteiger charge is -2.06. The predicted molar refractivity (Wildman–Crippen MR) is 58.3 cm³/mol. The summed E-state index contributed by atoms with van der Waals surface area (Å²) < 4.78 is 9.37. The molecule has 0 aliphatic rings. The zero-order valence-electron chi connectivity index (χ0n) is 9.15. The van der Waals surface area contributed by atoms with Crippen LogP contribution in [0, 0.1) is 0 Å². The van der Waals surface area contributed by atoms with Gasteiger partial charge in [-0.05, 0) is 12.1 Å². The number of esters is 1. The van der Waals surface area contributed by atoms with Crippen LogP contribution in [-0.2, 0) is 14.3 Å². The summed E-state index contributed by atoms with van der Waals surface area (Å²) in [5, 5.41) is 2.56. The number of rotatable bonds is 4. The quantitative estimate of drug-likeness (QED) is 0.615. The van der Waals surface area contributed by atoms with E-state index in [2.05, 4.69) is 10.1 Å². The van der Waals surface area contributed by atoms with Gasteiger partial charge < -0.3 is 14.8 Å². The normalized spacial score (nSPS) is 9.38. The number of ether oxygens (including phenoxy) is 2. The van der Waals surface area contributed by atoms with Crippen molar-refractivity contribution in [1.82, 2.24) is 0 Å². The molecule has 0 spiro atoms. The number of carbonyl (C=O) groups excluding carboxylic acids is 2. The van der Waals surface area contributed by atoms with Gasteiger partial charge in [0.05, 0.1) is 14.2 Å². The van der Waals surface area contributed by atoms with Crippen LogP contribution in [0.1, 0.15) is 6.42 Å². The second-order valence-corrected chi connectivity index (χ2v) is 3.03. The fourth-order valence-corrected chi connectivity index (χ4v) is 1.11. The first-order valence-corrected chi connectivity index (χ1v) is 4.66. The third-order valence-corrected chi connectivity index (χ3v) is 1.89. The summed E-state index contributed by atoms with van der Waals surface area (Å²) in [4.78, 5) is 22.2. The van der Waals surface area contributed by atoms with E-state index in [1.807, 2.05) is 0 Å². The molecule has 0 atom stereocenters. The summed E-state index contributed by atoms with van der Waals surface area (Å²) in [6, 6.07) is 6.87. The van der Waals surface area contributed by atoms with Crippen LogP contribution in [0.15, 0.2) is 24.3 Å². The van der Waals surface area contributed by atoms with E-state index >= 15 is 0 Å². The number of methoxy groups -OCH3 is 2. The average Bonchev–Trinajstić information content (AvgIpc) is 2.28. The summed E-state index contributed by atoms with van der Waals surface area (Å²) in [5.74, 6) is -0.351. The maximum Gasteiger partial charge on any atom is 0.315 e. The van der Waals surface area contributed by atoms with E-state index < -0.39 is 11.9 Å². The molecule has 1 amide bonds. The highest BCUT2D eigenvalue weighted by Crippen LogP contribution is 2.16. The molecule has 0 saturated heterocycles. The summed E-state index contributed by atoms with van der Waals surface area (Å²) >= 11 is 0. The average molecular weight is 223 g/mol. The standard InChI is InChI=1S/C11H13NO4/c1-15-9-5-3-4-8(6-9)12-10(13)7-11(14)16-2/h3-6H,7H2,1-2H3,(H,12,13). The Bertz CT molecular complexity index is 389. The summed E-state index contributed by atoms with van der Waals surface area (Å²) in [5.41, 5.74) is 0.577. The Balaban J connectivity index is 2.59. The maximum atomic E-state index is 11.3. The lowest BCUT2D eigenvalue weighted by molar-refractivity contribution is -0.142. The first kappa shape index (κ1) is 12.0. The molecule has 0 heterocycles. The van der Waals surface area contributed by atoms with Crippen molar-refractivity contribution in [2.45, 2.75) is 6.42 Å². The fraction of sp³-hybridized carbons (Fsp3) is 0.273. The summed E-state index contributed by atoms with van der Waals surface area (Å²) in [6.45, 7) is 0. The van der Waals surface area contributed by atoms with Gasteiger partial charge in [0.1, 0.15) is 12.2 Å². The molecule has 0 fully saturated rings. The molecule has 0 radical (unpaired) electrons. The number of nitrogens with one attached hydrogen (secondary N) is 1. The Morgan fingerprint density at radius 1 is 1.31 bits per heavy atom. The largest absolute Gasteiger partial charge is 0.497 e. The number of hydrogen-bond donors (Lipinski definition) is 1. The minimum absolute atomic E-state index is 0.298. The molecule has 86 valence electrons. The molecule has 0 aromatic heterocycles. The number of hydrogen-bond acceptors (Lipinski definition) is 4. The molecule has 5 nitrogen and oxygen atoms in total. The molecule has 0 unspecified atom stereocenters. The molecule has 5 heteroatoms. The Morgan fingerprint density at radius 3 is 2.69 bits per heavy atom. The molecule has 1 N–H and O–H groups in total. The molecule has 1 aromatic carbocycles. The molecule has 1 aromatic rings. The van der Waals surface area contributed by atoms with Gasteiger partial charge in [-0.25, -0.2) is 0 Å². The van der Waals surface area contributed by atoms with Gasteiger partial charge in [0.2, 0.25) is 5.91 Å². The van der Waals surface area contributed by atoms with Crippen molar-refractivity contribution >= 4 is 17.6 Å².